The van der Waals surface area contributed by atoms with Crippen LogP contribution < -0.4 is 9.47 Å². The van der Waals surface area contributed by atoms with Gasteiger partial charge in [0.1, 0.15) is 10.4 Å². The summed E-state index contributed by atoms with van der Waals surface area (Å²) in [6, 6.07) is 3.73. The summed E-state index contributed by atoms with van der Waals surface area (Å²) in [4.78, 5) is 8.82. The van der Waals surface area contributed by atoms with E-state index in [9.17, 15) is 0 Å². The molecule has 5 heteroatoms. The van der Waals surface area contributed by atoms with Gasteiger partial charge < -0.3 is 9.47 Å². The Balaban J connectivity index is 2.73. The average Bonchev–Trinajstić information content (AvgIpc) is 2.36. The molecule has 1 aromatic heterocycles. The topological polar surface area (TPSA) is 44.2 Å². The summed E-state index contributed by atoms with van der Waals surface area (Å²) in [6.45, 7) is 2.02. The third kappa shape index (κ3) is 2.20. The predicted molar refractivity (Wildman–Crippen MR) is 69.7 cm³/mol. The molecule has 4 nitrogen and oxygen atoms in total. The first-order valence-electron chi connectivity index (χ1n) is 5.27. The van der Waals surface area contributed by atoms with Crippen LogP contribution in [0.4, 0.5) is 0 Å². The van der Waals surface area contributed by atoms with Gasteiger partial charge in [-0.2, -0.15) is 0 Å². The number of aryl methyl sites for hydroxylation is 1. The standard InChI is InChI=1S/C12H13BrN2O2/c1-4-11-14-8-6-10(17-3)9(16-2)5-7(8)12(13)15-11/h5-6H,4H2,1-3H3. The molecule has 0 unspecified atom stereocenters. The quantitative estimate of drug-likeness (QED) is 0.817. The molecule has 1 aromatic carbocycles. The Morgan fingerprint density at radius 2 is 1.76 bits per heavy atom. The summed E-state index contributed by atoms with van der Waals surface area (Å²) in [5.74, 6) is 2.15. The molecule has 0 fully saturated rings. The smallest absolute Gasteiger partial charge is 0.162 e. The summed E-state index contributed by atoms with van der Waals surface area (Å²) in [7, 11) is 3.22. The minimum atomic E-state index is 0.674. The van der Waals surface area contributed by atoms with Crippen LogP contribution in [0.15, 0.2) is 16.7 Å². The summed E-state index contributed by atoms with van der Waals surface area (Å²) in [6.07, 6.45) is 0.795. The van der Waals surface area contributed by atoms with Crippen LogP contribution in [0.5, 0.6) is 11.5 Å². The summed E-state index contributed by atoms with van der Waals surface area (Å²) < 4.78 is 11.3. The van der Waals surface area contributed by atoms with Crippen molar-refractivity contribution < 1.29 is 9.47 Å². The SMILES string of the molecule is CCc1nc(Br)c2cc(OC)c(OC)cc2n1. The molecule has 1 heterocycles. The molecule has 0 amide bonds. The second-order valence-electron chi connectivity index (χ2n) is 3.51. The Hall–Kier alpha value is -1.36. The molecule has 0 atom stereocenters. The van der Waals surface area contributed by atoms with E-state index in [0.29, 0.717) is 11.5 Å². The molecule has 0 spiro atoms. The van der Waals surface area contributed by atoms with Crippen LogP contribution in [0, 0.1) is 0 Å². The average molecular weight is 297 g/mol. The number of halogens is 1. The van der Waals surface area contributed by atoms with Gasteiger partial charge in [-0.05, 0) is 22.0 Å². The number of fused-ring (bicyclic) bond motifs is 1. The Bertz CT molecular complexity index is 558. The fourth-order valence-electron chi connectivity index (χ4n) is 1.62. The highest BCUT2D eigenvalue weighted by Gasteiger charge is 2.10. The van der Waals surface area contributed by atoms with Gasteiger partial charge >= 0.3 is 0 Å². The number of hydrogen-bond donors (Lipinski definition) is 0. The maximum Gasteiger partial charge on any atom is 0.162 e. The van der Waals surface area contributed by atoms with Gasteiger partial charge in [-0.1, -0.05) is 6.92 Å². The number of methoxy groups -OCH3 is 2. The molecule has 0 bridgehead atoms. The number of hydrogen-bond acceptors (Lipinski definition) is 4. The molecule has 2 aromatic rings. The van der Waals surface area contributed by atoms with E-state index in [4.69, 9.17) is 9.47 Å². The second-order valence-corrected chi connectivity index (χ2v) is 4.26. The molecular formula is C12H13BrN2O2. The predicted octanol–water partition coefficient (Wildman–Crippen LogP) is 2.97. The van der Waals surface area contributed by atoms with Gasteiger partial charge in [0.05, 0.1) is 19.7 Å². The van der Waals surface area contributed by atoms with Gasteiger partial charge in [0.25, 0.3) is 0 Å². The van der Waals surface area contributed by atoms with Crippen LogP contribution in [0.2, 0.25) is 0 Å². The number of rotatable bonds is 3. The van der Waals surface area contributed by atoms with Crippen molar-refractivity contribution in [1.82, 2.24) is 9.97 Å². The maximum atomic E-state index is 5.26. The highest BCUT2D eigenvalue weighted by Crippen LogP contribution is 2.33. The lowest BCUT2D eigenvalue weighted by Gasteiger charge is -2.10. The van der Waals surface area contributed by atoms with Crippen LogP contribution in [0.25, 0.3) is 10.9 Å². The van der Waals surface area contributed by atoms with Crippen LogP contribution in [-0.4, -0.2) is 24.2 Å². The van der Waals surface area contributed by atoms with Crippen molar-refractivity contribution in [3.05, 3.63) is 22.6 Å². The zero-order valence-corrected chi connectivity index (χ0v) is 11.5. The first-order valence-corrected chi connectivity index (χ1v) is 6.07. The van der Waals surface area contributed by atoms with Crippen molar-refractivity contribution in [2.75, 3.05) is 14.2 Å². The van der Waals surface area contributed by atoms with E-state index in [-0.39, 0.29) is 0 Å². The van der Waals surface area contributed by atoms with Crippen LogP contribution in [0.3, 0.4) is 0 Å². The largest absolute Gasteiger partial charge is 0.493 e. The highest BCUT2D eigenvalue weighted by molar-refractivity contribution is 9.10. The molecule has 0 aliphatic carbocycles. The number of aromatic nitrogens is 2. The van der Waals surface area contributed by atoms with Gasteiger partial charge in [-0.3, -0.25) is 0 Å². The normalized spacial score (nSPS) is 10.6. The Morgan fingerprint density at radius 3 is 2.35 bits per heavy atom. The van der Waals surface area contributed by atoms with Gasteiger partial charge in [-0.15, -0.1) is 0 Å². The number of ether oxygens (including phenoxy) is 2. The minimum Gasteiger partial charge on any atom is -0.493 e. The molecule has 0 saturated heterocycles. The highest BCUT2D eigenvalue weighted by atomic mass is 79.9. The molecule has 2 rings (SSSR count). The van der Waals surface area contributed by atoms with E-state index in [1.807, 2.05) is 19.1 Å². The van der Waals surface area contributed by atoms with Crippen molar-refractivity contribution in [3.8, 4) is 11.5 Å². The molecule has 0 N–H and O–H groups in total. The van der Waals surface area contributed by atoms with Crippen LogP contribution >= 0.6 is 15.9 Å². The fourth-order valence-corrected chi connectivity index (χ4v) is 2.14. The van der Waals surface area contributed by atoms with E-state index < -0.39 is 0 Å². The summed E-state index contributed by atoms with van der Waals surface area (Å²) >= 11 is 3.45. The third-order valence-corrected chi connectivity index (χ3v) is 3.12. The first-order chi connectivity index (χ1) is 8.19. The van der Waals surface area contributed by atoms with E-state index in [1.54, 1.807) is 14.2 Å². The molecule has 90 valence electrons. The van der Waals surface area contributed by atoms with Crippen LogP contribution in [-0.2, 0) is 6.42 Å². The molecular weight excluding hydrogens is 284 g/mol. The van der Waals surface area contributed by atoms with E-state index in [0.717, 1.165) is 27.8 Å². The molecule has 17 heavy (non-hydrogen) atoms. The monoisotopic (exact) mass is 296 g/mol. The lowest BCUT2D eigenvalue weighted by Crippen LogP contribution is -1.97. The van der Waals surface area contributed by atoms with Crippen molar-refractivity contribution in [2.24, 2.45) is 0 Å². The molecule has 0 saturated carbocycles. The zero-order chi connectivity index (χ0) is 12.4. The lowest BCUT2D eigenvalue weighted by molar-refractivity contribution is 0.355. The summed E-state index contributed by atoms with van der Waals surface area (Å²) in [5, 5.41) is 0.917. The lowest BCUT2D eigenvalue weighted by atomic mass is 10.2. The Labute approximate surface area is 108 Å². The van der Waals surface area contributed by atoms with Gasteiger partial charge in [0.15, 0.2) is 11.5 Å². The van der Waals surface area contributed by atoms with Crippen molar-refractivity contribution >= 4 is 26.8 Å². The van der Waals surface area contributed by atoms with E-state index >= 15 is 0 Å². The van der Waals surface area contributed by atoms with Gasteiger partial charge in [-0.25, -0.2) is 9.97 Å². The fraction of sp³-hybridized carbons (Fsp3) is 0.333. The third-order valence-electron chi connectivity index (χ3n) is 2.52. The van der Waals surface area contributed by atoms with E-state index in [1.165, 1.54) is 0 Å². The molecule has 0 aliphatic rings. The number of nitrogens with zero attached hydrogens (tertiary/aromatic N) is 2. The molecule has 0 aliphatic heterocycles. The summed E-state index contributed by atoms with van der Waals surface area (Å²) in [5.41, 5.74) is 0.848. The first kappa shape index (κ1) is 12.1. The molecule has 0 radical (unpaired) electrons. The van der Waals surface area contributed by atoms with Crippen molar-refractivity contribution in [2.45, 2.75) is 13.3 Å². The van der Waals surface area contributed by atoms with Crippen molar-refractivity contribution in [3.63, 3.8) is 0 Å². The van der Waals surface area contributed by atoms with Crippen molar-refractivity contribution in [1.29, 1.82) is 0 Å². The zero-order valence-electron chi connectivity index (χ0n) is 9.95. The van der Waals surface area contributed by atoms with Gasteiger partial charge in [0, 0.05) is 17.9 Å². The maximum absolute atomic E-state index is 5.26. The van der Waals surface area contributed by atoms with Gasteiger partial charge in [0.2, 0.25) is 0 Å². The second kappa shape index (κ2) is 4.87. The Kier molecular flexibility index (Phi) is 3.47. The minimum absolute atomic E-state index is 0.674. The van der Waals surface area contributed by atoms with E-state index in [2.05, 4.69) is 25.9 Å². The Morgan fingerprint density at radius 1 is 1.12 bits per heavy atom. The van der Waals surface area contributed by atoms with Crippen LogP contribution in [0.1, 0.15) is 12.7 Å². The number of benzene rings is 1.